The Hall–Kier alpha value is -2.90. The Balaban J connectivity index is 1.53. The van der Waals surface area contributed by atoms with Gasteiger partial charge in [-0.2, -0.15) is 9.90 Å². The number of benzene rings is 1. The smallest absolute Gasteiger partial charge is 0.322 e. The maximum Gasteiger partial charge on any atom is 0.322 e. The van der Waals surface area contributed by atoms with E-state index in [0.717, 1.165) is 24.8 Å². The van der Waals surface area contributed by atoms with Crippen LogP contribution in [0.5, 0.6) is 0 Å². The fourth-order valence-corrected chi connectivity index (χ4v) is 4.06. The third-order valence-corrected chi connectivity index (χ3v) is 5.33. The van der Waals surface area contributed by atoms with Gasteiger partial charge in [0.1, 0.15) is 0 Å². The lowest BCUT2D eigenvalue weighted by atomic mass is 9.74. The van der Waals surface area contributed by atoms with Crippen molar-refractivity contribution in [2.24, 2.45) is 11.7 Å². The Bertz CT molecular complexity index is 864. The molecule has 0 radical (unpaired) electrons. The second kappa shape index (κ2) is 6.12. The Morgan fingerprint density at radius 3 is 2.62 bits per heavy atom. The first kappa shape index (κ1) is 16.6. The molecule has 2 aliphatic rings. The number of rotatable bonds is 3. The molecule has 2 saturated heterocycles. The Kier molecular flexibility index (Phi) is 3.90. The molecule has 2 atom stereocenters. The molecule has 1 aromatic carbocycles. The lowest BCUT2D eigenvalue weighted by Gasteiger charge is -2.54. The molecule has 0 saturated carbocycles. The SMILES string of the molecule is Cc1ccc(NC(=O)N2C3CC(C)CC2C3)cc1-n1ncc(C(N)=O)n1. The summed E-state index contributed by atoms with van der Waals surface area (Å²) in [7, 11) is 0. The maximum absolute atomic E-state index is 12.7. The van der Waals surface area contributed by atoms with Gasteiger partial charge in [-0.05, 0) is 49.8 Å². The third-order valence-electron chi connectivity index (χ3n) is 5.33. The lowest BCUT2D eigenvalue weighted by molar-refractivity contribution is -0.00601. The van der Waals surface area contributed by atoms with Gasteiger partial charge in [-0.1, -0.05) is 13.0 Å². The van der Waals surface area contributed by atoms with Crippen molar-refractivity contribution in [1.29, 1.82) is 0 Å². The summed E-state index contributed by atoms with van der Waals surface area (Å²) in [5, 5.41) is 11.2. The monoisotopic (exact) mass is 354 g/mol. The van der Waals surface area contributed by atoms with Crippen molar-refractivity contribution in [2.75, 3.05) is 5.32 Å². The molecule has 4 rings (SSSR count). The van der Waals surface area contributed by atoms with Gasteiger partial charge in [0.15, 0.2) is 5.69 Å². The number of hydrogen-bond acceptors (Lipinski definition) is 4. The first-order valence-electron chi connectivity index (χ1n) is 8.85. The highest BCUT2D eigenvalue weighted by Gasteiger charge is 2.46. The molecule has 0 aliphatic carbocycles. The van der Waals surface area contributed by atoms with Crippen molar-refractivity contribution in [1.82, 2.24) is 19.9 Å². The Morgan fingerprint density at radius 2 is 1.96 bits per heavy atom. The molecule has 0 spiro atoms. The molecule has 2 aromatic rings. The maximum atomic E-state index is 12.7. The number of nitrogens with two attached hydrogens (primary N) is 1. The van der Waals surface area contributed by atoms with Crippen LogP contribution in [0.25, 0.3) is 5.69 Å². The average Bonchev–Trinajstić information content (AvgIpc) is 3.06. The van der Waals surface area contributed by atoms with E-state index in [1.165, 1.54) is 11.0 Å². The van der Waals surface area contributed by atoms with Crippen LogP contribution in [-0.2, 0) is 0 Å². The lowest BCUT2D eigenvalue weighted by Crippen LogP contribution is -2.63. The summed E-state index contributed by atoms with van der Waals surface area (Å²) in [6.07, 6.45) is 4.60. The number of carbonyl (C=O) groups is 2. The standard InChI is InChI=1S/C18H22N6O2/c1-10-5-13-8-14(6-10)23(13)18(26)21-12-4-3-11(2)16(7-12)24-20-9-15(22-24)17(19)25/h3-4,7,9-10,13-14H,5-6,8H2,1-2H3,(H2,19,25)(H,21,26). The molecule has 2 unspecified atom stereocenters. The van der Waals surface area contributed by atoms with Gasteiger partial charge in [-0.15, -0.1) is 5.10 Å². The van der Waals surface area contributed by atoms with Gasteiger partial charge in [0.2, 0.25) is 0 Å². The van der Waals surface area contributed by atoms with E-state index in [1.54, 1.807) is 6.07 Å². The number of nitrogens with zero attached hydrogens (tertiary/aromatic N) is 4. The number of aryl methyl sites for hydroxylation is 1. The van der Waals surface area contributed by atoms with Gasteiger partial charge in [0, 0.05) is 17.8 Å². The van der Waals surface area contributed by atoms with E-state index in [-0.39, 0.29) is 11.7 Å². The summed E-state index contributed by atoms with van der Waals surface area (Å²) in [6, 6.07) is 6.21. The van der Waals surface area contributed by atoms with E-state index in [9.17, 15) is 9.59 Å². The van der Waals surface area contributed by atoms with Crippen molar-refractivity contribution in [3.63, 3.8) is 0 Å². The summed E-state index contributed by atoms with van der Waals surface area (Å²) < 4.78 is 0. The van der Waals surface area contributed by atoms with Crippen LogP contribution in [0.3, 0.4) is 0 Å². The van der Waals surface area contributed by atoms with E-state index in [0.29, 0.717) is 29.4 Å². The molecular formula is C18H22N6O2. The second-order valence-electron chi connectivity index (χ2n) is 7.34. The topological polar surface area (TPSA) is 106 Å². The summed E-state index contributed by atoms with van der Waals surface area (Å²) >= 11 is 0. The quantitative estimate of drug-likeness (QED) is 0.880. The Morgan fingerprint density at radius 1 is 1.23 bits per heavy atom. The molecule has 2 aliphatic heterocycles. The zero-order valence-electron chi connectivity index (χ0n) is 14.8. The van der Waals surface area contributed by atoms with Crippen LogP contribution in [0.4, 0.5) is 10.5 Å². The Labute approximate surface area is 151 Å². The van der Waals surface area contributed by atoms with Crippen molar-refractivity contribution in [2.45, 2.75) is 45.2 Å². The summed E-state index contributed by atoms with van der Waals surface area (Å²) in [6.45, 7) is 4.16. The first-order valence-corrected chi connectivity index (χ1v) is 8.85. The molecule has 2 bridgehead atoms. The number of nitrogens with one attached hydrogen (secondary N) is 1. The fourth-order valence-electron chi connectivity index (χ4n) is 4.06. The predicted octanol–water partition coefficient (Wildman–Crippen LogP) is 2.08. The molecule has 136 valence electrons. The molecule has 2 fully saturated rings. The molecule has 8 heteroatoms. The van der Waals surface area contributed by atoms with Crippen molar-refractivity contribution >= 4 is 17.6 Å². The van der Waals surface area contributed by atoms with Gasteiger partial charge in [0.05, 0.1) is 11.9 Å². The van der Waals surface area contributed by atoms with Gasteiger partial charge in [-0.25, -0.2) is 4.79 Å². The zero-order valence-corrected chi connectivity index (χ0v) is 14.8. The number of anilines is 1. The second-order valence-corrected chi connectivity index (χ2v) is 7.34. The number of hydrogen-bond donors (Lipinski definition) is 2. The van der Waals surface area contributed by atoms with Crippen LogP contribution in [0, 0.1) is 12.8 Å². The summed E-state index contributed by atoms with van der Waals surface area (Å²) in [5.41, 5.74) is 7.61. The van der Waals surface area contributed by atoms with Crippen molar-refractivity contribution in [3.8, 4) is 5.69 Å². The number of fused-ring (bicyclic) bond motifs is 2. The average molecular weight is 354 g/mol. The van der Waals surface area contributed by atoms with E-state index in [4.69, 9.17) is 5.73 Å². The van der Waals surface area contributed by atoms with Crippen LogP contribution in [0.2, 0.25) is 0 Å². The highest BCUT2D eigenvalue weighted by Crippen LogP contribution is 2.41. The fraction of sp³-hybridized carbons (Fsp3) is 0.444. The minimum atomic E-state index is -0.628. The van der Waals surface area contributed by atoms with Crippen LogP contribution in [0.1, 0.15) is 42.2 Å². The number of urea groups is 1. The van der Waals surface area contributed by atoms with E-state index in [1.807, 2.05) is 24.0 Å². The molecule has 3 heterocycles. The van der Waals surface area contributed by atoms with E-state index in [2.05, 4.69) is 22.4 Å². The summed E-state index contributed by atoms with van der Waals surface area (Å²) in [4.78, 5) is 27.2. The molecule has 8 nitrogen and oxygen atoms in total. The normalized spacial score (nSPS) is 24.1. The molecule has 3 amide bonds. The van der Waals surface area contributed by atoms with Crippen LogP contribution < -0.4 is 11.1 Å². The highest BCUT2D eigenvalue weighted by atomic mass is 16.2. The number of primary amides is 1. The van der Waals surface area contributed by atoms with Crippen molar-refractivity contribution < 1.29 is 9.59 Å². The van der Waals surface area contributed by atoms with E-state index >= 15 is 0 Å². The molecular weight excluding hydrogens is 332 g/mol. The number of carbonyl (C=O) groups excluding carboxylic acids is 2. The number of aromatic nitrogens is 3. The minimum Gasteiger partial charge on any atom is -0.364 e. The van der Waals surface area contributed by atoms with Gasteiger partial charge in [0.25, 0.3) is 5.91 Å². The largest absolute Gasteiger partial charge is 0.364 e. The number of piperidine rings is 1. The highest BCUT2D eigenvalue weighted by molar-refractivity contribution is 5.91. The third kappa shape index (κ3) is 2.81. The van der Waals surface area contributed by atoms with Crippen LogP contribution >= 0.6 is 0 Å². The van der Waals surface area contributed by atoms with Crippen molar-refractivity contribution in [3.05, 3.63) is 35.7 Å². The van der Waals surface area contributed by atoms with Gasteiger partial charge in [-0.3, -0.25) is 4.79 Å². The molecule has 3 N–H and O–H groups in total. The molecule has 1 aromatic heterocycles. The van der Waals surface area contributed by atoms with E-state index < -0.39 is 5.91 Å². The summed E-state index contributed by atoms with van der Waals surface area (Å²) in [5.74, 6) is 0.0658. The number of amides is 3. The zero-order chi connectivity index (χ0) is 18.4. The van der Waals surface area contributed by atoms with Gasteiger partial charge < -0.3 is 16.0 Å². The van der Waals surface area contributed by atoms with Gasteiger partial charge >= 0.3 is 6.03 Å². The molecule has 26 heavy (non-hydrogen) atoms. The van der Waals surface area contributed by atoms with Crippen LogP contribution in [0.15, 0.2) is 24.4 Å². The predicted molar refractivity (Wildman–Crippen MR) is 96.1 cm³/mol. The minimum absolute atomic E-state index is 0.0563. The van der Waals surface area contributed by atoms with Crippen LogP contribution in [-0.4, -0.2) is 43.9 Å². The first-order chi connectivity index (χ1) is 12.4.